The summed E-state index contributed by atoms with van der Waals surface area (Å²) >= 11 is 13.4. The second kappa shape index (κ2) is 8.39. The number of halogens is 2. The molecule has 0 fully saturated rings. The van der Waals surface area contributed by atoms with Crippen LogP contribution in [-0.2, 0) is 4.79 Å². The van der Waals surface area contributed by atoms with Gasteiger partial charge in [0.15, 0.2) is 0 Å². The summed E-state index contributed by atoms with van der Waals surface area (Å²) in [5.74, 6) is -1.79. The van der Waals surface area contributed by atoms with E-state index in [4.69, 9.17) is 23.2 Å². The Morgan fingerprint density at radius 3 is 2.48 bits per heavy atom. The predicted octanol–water partition coefficient (Wildman–Crippen LogP) is 5.58. The van der Waals surface area contributed by atoms with Crippen molar-refractivity contribution in [1.82, 2.24) is 5.32 Å². The maximum Gasteiger partial charge on any atom is 0.352 e. The summed E-state index contributed by atoms with van der Waals surface area (Å²) in [6.07, 6.45) is 1.41. The molecule has 27 heavy (non-hydrogen) atoms. The second-order valence-electron chi connectivity index (χ2n) is 5.51. The Balaban J connectivity index is 1.85. The molecular weight excluding hydrogens is 405 g/mol. The lowest BCUT2D eigenvalue weighted by Crippen LogP contribution is -2.27. The minimum absolute atomic E-state index is 0.229. The Hall–Kier alpha value is -2.60. The predicted molar refractivity (Wildman–Crippen MR) is 109 cm³/mol. The highest BCUT2D eigenvalue weighted by Crippen LogP contribution is 2.33. The van der Waals surface area contributed by atoms with Gasteiger partial charge in [-0.05, 0) is 42.5 Å². The highest BCUT2D eigenvalue weighted by atomic mass is 35.5. The highest BCUT2D eigenvalue weighted by Gasteiger charge is 2.14. The molecule has 4 nitrogen and oxygen atoms in total. The lowest BCUT2D eigenvalue weighted by Gasteiger charge is -2.06. The van der Waals surface area contributed by atoms with Gasteiger partial charge < -0.3 is 10.4 Å². The van der Waals surface area contributed by atoms with Gasteiger partial charge in [0.1, 0.15) is 5.70 Å². The summed E-state index contributed by atoms with van der Waals surface area (Å²) in [5, 5.41) is 12.8. The van der Waals surface area contributed by atoms with Gasteiger partial charge in [-0.2, -0.15) is 0 Å². The zero-order valence-electron chi connectivity index (χ0n) is 13.8. The fourth-order valence-corrected chi connectivity index (χ4v) is 3.83. The lowest BCUT2D eigenvalue weighted by atomic mass is 10.2. The molecule has 0 radical (unpaired) electrons. The highest BCUT2D eigenvalue weighted by molar-refractivity contribution is 7.16. The Bertz CT molecular complexity index is 1040. The summed E-state index contributed by atoms with van der Waals surface area (Å²) in [6.45, 7) is 0. The number of hydrogen-bond acceptors (Lipinski definition) is 3. The molecular formula is C20H13Cl2NO3S. The van der Waals surface area contributed by atoms with Crippen LogP contribution < -0.4 is 5.32 Å². The Kier molecular flexibility index (Phi) is 5.96. The van der Waals surface area contributed by atoms with Crippen molar-refractivity contribution in [3.63, 3.8) is 0 Å². The molecule has 3 rings (SSSR count). The third kappa shape index (κ3) is 4.77. The molecule has 1 aromatic heterocycles. The van der Waals surface area contributed by atoms with Crippen molar-refractivity contribution in [3.8, 4) is 10.4 Å². The fourth-order valence-electron chi connectivity index (χ4n) is 2.35. The number of carboxylic acids is 1. The summed E-state index contributed by atoms with van der Waals surface area (Å²) in [7, 11) is 0. The number of carbonyl (C=O) groups excluding carboxylic acids is 1. The molecule has 0 spiro atoms. The van der Waals surface area contributed by atoms with E-state index in [-0.39, 0.29) is 11.3 Å². The van der Waals surface area contributed by atoms with E-state index in [1.165, 1.54) is 23.5 Å². The molecule has 0 saturated heterocycles. The van der Waals surface area contributed by atoms with Gasteiger partial charge in [0.25, 0.3) is 5.91 Å². The van der Waals surface area contributed by atoms with Gasteiger partial charge in [0.05, 0.1) is 0 Å². The Morgan fingerprint density at radius 2 is 1.78 bits per heavy atom. The maximum atomic E-state index is 12.3. The minimum atomic E-state index is -1.24. The van der Waals surface area contributed by atoms with Crippen LogP contribution in [0, 0.1) is 0 Å². The molecule has 0 aliphatic heterocycles. The quantitative estimate of drug-likeness (QED) is 0.532. The number of hydrogen-bond donors (Lipinski definition) is 2. The first-order valence-electron chi connectivity index (χ1n) is 7.80. The van der Waals surface area contributed by atoms with Crippen LogP contribution in [0.25, 0.3) is 16.5 Å². The third-order valence-corrected chi connectivity index (χ3v) is 5.25. The first-order chi connectivity index (χ1) is 12.9. The van der Waals surface area contributed by atoms with Gasteiger partial charge in [0.2, 0.25) is 0 Å². The van der Waals surface area contributed by atoms with E-state index >= 15 is 0 Å². The molecule has 3 aromatic rings. The average Bonchev–Trinajstić information content (AvgIpc) is 3.09. The molecule has 0 bridgehead atoms. The van der Waals surface area contributed by atoms with E-state index < -0.39 is 11.9 Å². The third-order valence-electron chi connectivity index (χ3n) is 3.62. The average molecular weight is 418 g/mol. The first-order valence-corrected chi connectivity index (χ1v) is 9.38. The number of nitrogens with one attached hydrogen (secondary N) is 1. The largest absolute Gasteiger partial charge is 0.477 e. The maximum absolute atomic E-state index is 12.3. The van der Waals surface area contributed by atoms with Gasteiger partial charge in [-0.15, -0.1) is 11.3 Å². The van der Waals surface area contributed by atoms with E-state index in [2.05, 4.69) is 5.32 Å². The Morgan fingerprint density at radius 1 is 1.00 bits per heavy atom. The number of carboxylic acid groups (broad SMARTS) is 1. The van der Waals surface area contributed by atoms with E-state index in [9.17, 15) is 14.7 Å². The molecule has 0 aliphatic carbocycles. The number of thiophene rings is 1. The molecule has 7 heteroatoms. The zero-order chi connectivity index (χ0) is 19.4. The van der Waals surface area contributed by atoms with Gasteiger partial charge in [-0.1, -0.05) is 47.5 Å². The van der Waals surface area contributed by atoms with Gasteiger partial charge in [-0.3, -0.25) is 4.79 Å². The van der Waals surface area contributed by atoms with Crippen molar-refractivity contribution in [3.05, 3.63) is 86.8 Å². The van der Waals surface area contributed by atoms with Gasteiger partial charge in [0, 0.05) is 30.9 Å². The van der Waals surface area contributed by atoms with Crippen molar-refractivity contribution in [2.45, 2.75) is 0 Å². The minimum Gasteiger partial charge on any atom is -0.477 e. The van der Waals surface area contributed by atoms with Crippen LogP contribution in [0.2, 0.25) is 10.0 Å². The summed E-state index contributed by atoms with van der Waals surface area (Å²) in [6, 6.07) is 17.3. The van der Waals surface area contributed by atoms with Crippen molar-refractivity contribution in [2.24, 2.45) is 0 Å². The van der Waals surface area contributed by atoms with Crippen molar-refractivity contribution in [1.29, 1.82) is 0 Å². The SMILES string of the molecule is O=C(O)/C(=C/c1ccc(-c2ccccc2Cl)s1)NC(=O)c1cccc(Cl)c1. The van der Waals surface area contributed by atoms with Crippen molar-refractivity contribution >= 4 is 52.5 Å². The molecule has 1 heterocycles. The van der Waals surface area contributed by atoms with Crippen LogP contribution in [0.1, 0.15) is 15.2 Å². The fraction of sp³-hybridized carbons (Fsp3) is 0. The number of aliphatic carboxylic acids is 1. The molecule has 2 N–H and O–H groups in total. The summed E-state index contributed by atoms with van der Waals surface area (Å²) in [4.78, 5) is 25.4. The van der Waals surface area contributed by atoms with E-state index in [1.807, 2.05) is 24.3 Å². The normalized spacial score (nSPS) is 11.3. The van der Waals surface area contributed by atoms with Crippen LogP contribution >= 0.6 is 34.5 Å². The van der Waals surface area contributed by atoms with Crippen LogP contribution in [0.3, 0.4) is 0 Å². The Labute approximate surface area is 169 Å². The number of benzene rings is 2. The van der Waals surface area contributed by atoms with Crippen LogP contribution in [0.5, 0.6) is 0 Å². The summed E-state index contributed by atoms with van der Waals surface area (Å²) < 4.78 is 0. The van der Waals surface area contributed by atoms with Crippen LogP contribution in [0.4, 0.5) is 0 Å². The molecule has 1 amide bonds. The molecule has 0 saturated carbocycles. The topological polar surface area (TPSA) is 66.4 Å². The number of amides is 1. The zero-order valence-corrected chi connectivity index (χ0v) is 16.1. The lowest BCUT2D eigenvalue weighted by molar-refractivity contribution is -0.132. The van der Waals surface area contributed by atoms with Crippen molar-refractivity contribution in [2.75, 3.05) is 0 Å². The smallest absolute Gasteiger partial charge is 0.352 e. The monoisotopic (exact) mass is 417 g/mol. The molecule has 2 aromatic carbocycles. The molecule has 0 atom stereocenters. The van der Waals surface area contributed by atoms with E-state index in [0.717, 1.165) is 10.4 Å². The van der Waals surface area contributed by atoms with Gasteiger partial charge >= 0.3 is 5.97 Å². The van der Waals surface area contributed by atoms with Gasteiger partial charge in [-0.25, -0.2) is 4.79 Å². The number of carbonyl (C=O) groups is 2. The van der Waals surface area contributed by atoms with Crippen molar-refractivity contribution < 1.29 is 14.7 Å². The van der Waals surface area contributed by atoms with E-state index in [0.29, 0.717) is 14.9 Å². The second-order valence-corrected chi connectivity index (χ2v) is 7.47. The van der Waals surface area contributed by atoms with Crippen LogP contribution in [0.15, 0.2) is 66.4 Å². The molecule has 136 valence electrons. The number of rotatable bonds is 5. The van der Waals surface area contributed by atoms with Crippen LogP contribution in [-0.4, -0.2) is 17.0 Å². The molecule has 0 aliphatic rings. The molecule has 0 unspecified atom stereocenters. The summed E-state index contributed by atoms with van der Waals surface area (Å²) in [5.41, 5.74) is 0.911. The van der Waals surface area contributed by atoms with E-state index in [1.54, 1.807) is 30.3 Å². The standard InChI is InChI=1S/C20H13Cl2NO3S/c21-13-5-3-4-12(10-13)19(24)23-17(20(25)26)11-14-8-9-18(27-14)15-6-1-2-7-16(15)22/h1-11H,(H,23,24)(H,25,26)/b17-11-. The first kappa shape index (κ1) is 19.2.